The maximum Gasteiger partial charge on any atom is 0.317 e. The van der Waals surface area contributed by atoms with E-state index in [2.05, 4.69) is 0 Å². The molecular weight excluding hydrogens is 292 g/mol. The molecule has 0 aromatic heterocycles. The molecule has 0 saturated carbocycles. The second-order valence-corrected chi connectivity index (χ2v) is 6.30. The molecule has 3 rings (SSSR count). The van der Waals surface area contributed by atoms with Crippen molar-refractivity contribution in [1.82, 2.24) is 0 Å². The minimum absolute atomic E-state index is 0.232. The fourth-order valence-corrected chi connectivity index (χ4v) is 2.62. The first-order valence-electron chi connectivity index (χ1n) is 7.61. The lowest BCUT2D eigenvalue weighted by molar-refractivity contribution is -0.146. The number of fused-ring (bicyclic) bond motifs is 1. The minimum Gasteiger partial charge on any atom is -0.497 e. The monoisotopic (exact) mass is 312 g/mol. The highest BCUT2D eigenvalue weighted by molar-refractivity contribution is 5.79. The molecule has 1 unspecified atom stereocenters. The Labute approximate surface area is 136 Å². The molecule has 4 heteroatoms. The third kappa shape index (κ3) is 3.16. The number of benzene rings is 2. The van der Waals surface area contributed by atoms with Crippen LogP contribution in [0, 0.1) is 5.41 Å². The number of carbonyl (C=O) groups is 1. The highest BCUT2D eigenvalue weighted by Gasteiger charge is 2.37. The first kappa shape index (κ1) is 15.4. The quantitative estimate of drug-likeness (QED) is 0.617. The highest BCUT2D eigenvalue weighted by atomic mass is 16.6. The molecule has 0 amide bonds. The van der Waals surface area contributed by atoms with Gasteiger partial charge in [-0.1, -0.05) is 24.3 Å². The molecule has 0 fully saturated rings. The van der Waals surface area contributed by atoms with Crippen molar-refractivity contribution in [2.45, 2.75) is 26.4 Å². The molecule has 0 radical (unpaired) electrons. The maximum absolute atomic E-state index is 12.4. The Bertz CT molecular complexity index is 704. The lowest BCUT2D eigenvalue weighted by Crippen LogP contribution is -2.33. The van der Waals surface area contributed by atoms with Crippen LogP contribution in [-0.2, 0) is 4.79 Å². The van der Waals surface area contributed by atoms with E-state index in [0.717, 1.165) is 11.3 Å². The Morgan fingerprint density at radius 3 is 2.35 bits per heavy atom. The normalized spacial score (nSPS) is 19.6. The fraction of sp³-hybridized carbons (Fsp3) is 0.316. The topological polar surface area (TPSA) is 44.8 Å². The molecular formula is C19H20O4. The van der Waals surface area contributed by atoms with Crippen LogP contribution >= 0.6 is 0 Å². The van der Waals surface area contributed by atoms with Gasteiger partial charge in [0, 0.05) is 6.42 Å². The molecule has 1 heterocycles. The van der Waals surface area contributed by atoms with Crippen LogP contribution in [0.1, 0.15) is 31.9 Å². The van der Waals surface area contributed by atoms with E-state index in [4.69, 9.17) is 14.2 Å². The summed E-state index contributed by atoms with van der Waals surface area (Å²) in [5.41, 5.74) is 0.362. The van der Waals surface area contributed by atoms with Crippen molar-refractivity contribution < 1.29 is 19.0 Å². The Balaban J connectivity index is 2.00. The predicted molar refractivity (Wildman–Crippen MR) is 86.8 cm³/mol. The third-order valence-electron chi connectivity index (χ3n) is 4.06. The van der Waals surface area contributed by atoms with E-state index in [-0.39, 0.29) is 12.1 Å². The molecule has 0 saturated heterocycles. The van der Waals surface area contributed by atoms with Gasteiger partial charge in [-0.25, -0.2) is 0 Å². The van der Waals surface area contributed by atoms with Crippen LogP contribution in [0.4, 0.5) is 0 Å². The number of hydrogen-bond donors (Lipinski definition) is 0. The van der Waals surface area contributed by atoms with Gasteiger partial charge in [-0.3, -0.25) is 4.79 Å². The number of hydrogen-bond acceptors (Lipinski definition) is 4. The first-order chi connectivity index (χ1) is 11.0. The highest BCUT2D eigenvalue weighted by Crippen LogP contribution is 2.41. The van der Waals surface area contributed by atoms with Crippen LogP contribution in [0.5, 0.6) is 17.2 Å². The SMILES string of the molecule is COc1ccc(C2CC(C)(C)C(=O)Oc3ccccc3O2)cc1. The second kappa shape index (κ2) is 5.95. The van der Waals surface area contributed by atoms with Gasteiger partial charge < -0.3 is 14.2 Å². The maximum atomic E-state index is 12.4. The summed E-state index contributed by atoms with van der Waals surface area (Å²) in [7, 11) is 1.64. The van der Waals surface area contributed by atoms with E-state index in [1.807, 2.05) is 56.3 Å². The van der Waals surface area contributed by atoms with Gasteiger partial charge >= 0.3 is 5.97 Å². The summed E-state index contributed by atoms with van der Waals surface area (Å²) in [6, 6.07) is 15.0. The summed E-state index contributed by atoms with van der Waals surface area (Å²) in [4.78, 5) is 12.4. The van der Waals surface area contributed by atoms with Gasteiger partial charge in [0.05, 0.1) is 12.5 Å². The Kier molecular flexibility index (Phi) is 3.99. The summed E-state index contributed by atoms with van der Waals surface area (Å²) < 4.78 is 16.9. The molecule has 1 atom stereocenters. The van der Waals surface area contributed by atoms with Crippen molar-refractivity contribution in [3.05, 3.63) is 54.1 Å². The molecule has 0 spiro atoms. The largest absolute Gasteiger partial charge is 0.497 e. The zero-order chi connectivity index (χ0) is 16.4. The van der Waals surface area contributed by atoms with Gasteiger partial charge in [0.1, 0.15) is 11.9 Å². The standard InChI is InChI=1S/C19H20O4/c1-19(2)12-17(13-8-10-14(21-3)11-9-13)22-15-6-4-5-7-16(15)23-18(19)20/h4-11,17H,12H2,1-3H3. The number of carbonyl (C=O) groups excluding carboxylic acids is 1. The van der Waals surface area contributed by atoms with Crippen molar-refractivity contribution >= 4 is 5.97 Å². The number of esters is 1. The van der Waals surface area contributed by atoms with E-state index < -0.39 is 5.41 Å². The van der Waals surface area contributed by atoms with Crippen LogP contribution in [0.3, 0.4) is 0 Å². The van der Waals surface area contributed by atoms with Crippen molar-refractivity contribution in [2.24, 2.45) is 5.41 Å². The summed E-state index contributed by atoms with van der Waals surface area (Å²) in [5.74, 6) is 1.59. The van der Waals surface area contributed by atoms with Gasteiger partial charge in [0.25, 0.3) is 0 Å². The van der Waals surface area contributed by atoms with E-state index in [1.165, 1.54) is 0 Å². The van der Waals surface area contributed by atoms with Crippen molar-refractivity contribution in [1.29, 1.82) is 0 Å². The molecule has 0 aliphatic carbocycles. The van der Waals surface area contributed by atoms with Crippen LogP contribution in [-0.4, -0.2) is 13.1 Å². The Morgan fingerprint density at radius 2 is 1.70 bits per heavy atom. The Morgan fingerprint density at radius 1 is 1.04 bits per heavy atom. The van der Waals surface area contributed by atoms with Gasteiger partial charge in [-0.15, -0.1) is 0 Å². The zero-order valence-electron chi connectivity index (χ0n) is 13.5. The van der Waals surface area contributed by atoms with Crippen LogP contribution in [0.15, 0.2) is 48.5 Å². The Hall–Kier alpha value is -2.49. The second-order valence-electron chi connectivity index (χ2n) is 6.30. The smallest absolute Gasteiger partial charge is 0.317 e. The molecule has 0 bridgehead atoms. The summed E-state index contributed by atoms with van der Waals surface area (Å²) in [5, 5.41) is 0. The molecule has 2 aromatic carbocycles. The van der Waals surface area contributed by atoms with Gasteiger partial charge in [-0.2, -0.15) is 0 Å². The number of para-hydroxylation sites is 2. The lowest BCUT2D eigenvalue weighted by atomic mass is 9.84. The molecule has 23 heavy (non-hydrogen) atoms. The summed E-state index contributed by atoms with van der Waals surface area (Å²) in [6.45, 7) is 3.76. The number of methoxy groups -OCH3 is 1. The average molecular weight is 312 g/mol. The number of rotatable bonds is 2. The summed E-state index contributed by atoms with van der Waals surface area (Å²) >= 11 is 0. The zero-order valence-corrected chi connectivity index (χ0v) is 13.5. The van der Waals surface area contributed by atoms with E-state index in [9.17, 15) is 4.79 Å². The molecule has 0 N–H and O–H groups in total. The number of ether oxygens (including phenoxy) is 3. The van der Waals surface area contributed by atoms with Crippen molar-refractivity contribution in [2.75, 3.05) is 7.11 Å². The minimum atomic E-state index is -0.641. The van der Waals surface area contributed by atoms with Gasteiger partial charge in [0.15, 0.2) is 11.5 Å². The van der Waals surface area contributed by atoms with E-state index in [0.29, 0.717) is 17.9 Å². The molecule has 1 aliphatic rings. The van der Waals surface area contributed by atoms with Crippen molar-refractivity contribution in [3.8, 4) is 17.2 Å². The van der Waals surface area contributed by atoms with Crippen LogP contribution in [0.25, 0.3) is 0 Å². The van der Waals surface area contributed by atoms with Crippen LogP contribution in [0.2, 0.25) is 0 Å². The molecule has 2 aromatic rings. The first-order valence-corrected chi connectivity index (χ1v) is 7.61. The molecule has 1 aliphatic heterocycles. The fourth-order valence-electron chi connectivity index (χ4n) is 2.62. The molecule has 4 nitrogen and oxygen atoms in total. The van der Waals surface area contributed by atoms with Crippen LogP contribution < -0.4 is 14.2 Å². The van der Waals surface area contributed by atoms with Gasteiger partial charge in [0.2, 0.25) is 0 Å². The van der Waals surface area contributed by atoms with E-state index in [1.54, 1.807) is 13.2 Å². The van der Waals surface area contributed by atoms with E-state index >= 15 is 0 Å². The predicted octanol–water partition coefficient (Wildman–Crippen LogP) is 4.15. The van der Waals surface area contributed by atoms with Crippen molar-refractivity contribution in [3.63, 3.8) is 0 Å². The lowest BCUT2D eigenvalue weighted by Gasteiger charge is -2.32. The molecule has 120 valence electrons. The third-order valence-corrected chi connectivity index (χ3v) is 4.06. The summed E-state index contributed by atoms with van der Waals surface area (Å²) in [6.07, 6.45) is 0.303. The average Bonchev–Trinajstić information content (AvgIpc) is 2.55. The van der Waals surface area contributed by atoms with Gasteiger partial charge in [-0.05, 0) is 43.7 Å².